The molecule has 0 aliphatic carbocycles. The van der Waals surface area contributed by atoms with Crippen LogP contribution in [0.25, 0.3) is 0 Å². The Kier molecular flexibility index (Phi) is 12.1. The van der Waals surface area contributed by atoms with Crippen molar-refractivity contribution in [3.8, 4) is 0 Å². The van der Waals surface area contributed by atoms with Crippen LogP contribution in [0.2, 0.25) is 0 Å². The molecule has 1 rings (SSSR count). The van der Waals surface area contributed by atoms with Crippen LogP contribution in [0, 0.1) is 0 Å². The minimum absolute atomic E-state index is 0. The smallest absolute Gasteiger partial charge is 0.191 e. The maximum absolute atomic E-state index is 4.28. The fourth-order valence-corrected chi connectivity index (χ4v) is 2.61. The van der Waals surface area contributed by atoms with Gasteiger partial charge >= 0.3 is 0 Å². The standard InChI is InChI=1S/C18H32N4.HI/c1-15(2)22(16(3)4)14-13-21-18(19-5)20-12-11-17-9-7-6-8-10-17;/h6-10,15-16H,11-14H2,1-5H3,(H2,19,20,21);1H. The Morgan fingerprint density at radius 2 is 1.57 bits per heavy atom. The number of guanidine groups is 1. The minimum Gasteiger partial charge on any atom is -0.356 e. The van der Waals surface area contributed by atoms with Gasteiger partial charge in [-0.1, -0.05) is 30.3 Å². The Morgan fingerprint density at radius 1 is 1.00 bits per heavy atom. The predicted octanol–water partition coefficient (Wildman–Crippen LogP) is 3.13. The lowest BCUT2D eigenvalue weighted by Crippen LogP contribution is -2.45. The number of hydrogen-bond donors (Lipinski definition) is 2. The first-order chi connectivity index (χ1) is 10.5. The third kappa shape index (κ3) is 9.15. The first-order valence-corrected chi connectivity index (χ1v) is 8.28. The van der Waals surface area contributed by atoms with E-state index < -0.39 is 0 Å². The lowest BCUT2D eigenvalue weighted by Gasteiger charge is -2.30. The molecule has 0 bridgehead atoms. The van der Waals surface area contributed by atoms with Gasteiger partial charge in [0, 0.05) is 38.8 Å². The highest BCUT2D eigenvalue weighted by Gasteiger charge is 2.12. The van der Waals surface area contributed by atoms with Crippen molar-refractivity contribution in [2.24, 2.45) is 4.99 Å². The zero-order chi connectivity index (χ0) is 16.4. The SMILES string of the molecule is CN=C(NCCc1ccccc1)NCCN(C(C)C)C(C)C.I. The highest BCUT2D eigenvalue weighted by Crippen LogP contribution is 2.03. The predicted molar refractivity (Wildman–Crippen MR) is 112 cm³/mol. The van der Waals surface area contributed by atoms with Crippen LogP contribution in [0.3, 0.4) is 0 Å². The Morgan fingerprint density at radius 3 is 2.09 bits per heavy atom. The summed E-state index contributed by atoms with van der Waals surface area (Å²) >= 11 is 0. The molecule has 0 radical (unpaired) electrons. The van der Waals surface area contributed by atoms with Gasteiger partial charge in [-0.2, -0.15) is 0 Å². The topological polar surface area (TPSA) is 39.7 Å². The number of halogens is 1. The zero-order valence-corrected chi connectivity index (χ0v) is 17.5. The molecule has 0 aromatic heterocycles. The van der Waals surface area contributed by atoms with Crippen LogP contribution >= 0.6 is 24.0 Å². The van der Waals surface area contributed by atoms with Crippen molar-refractivity contribution in [3.63, 3.8) is 0 Å². The summed E-state index contributed by atoms with van der Waals surface area (Å²) in [6, 6.07) is 11.6. The molecule has 0 spiro atoms. The fourth-order valence-electron chi connectivity index (χ4n) is 2.61. The van der Waals surface area contributed by atoms with E-state index in [0.29, 0.717) is 12.1 Å². The van der Waals surface area contributed by atoms with Crippen LogP contribution in [0.1, 0.15) is 33.3 Å². The molecular formula is C18H33IN4. The van der Waals surface area contributed by atoms with Gasteiger partial charge in [-0.25, -0.2) is 0 Å². The van der Waals surface area contributed by atoms with Crippen molar-refractivity contribution in [3.05, 3.63) is 35.9 Å². The van der Waals surface area contributed by atoms with E-state index in [1.54, 1.807) is 0 Å². The molecule has 23 heavy (non-hydrogen) atoms. The molecule has 0 saturated carbocycles. The van der Waals surface area contributed by atoms with Crippen molar-refractivity contribution in [2.45, 2.75) is 46.2 Å². The molecule has 0 aliphatic heterocycles. The van der Waals surface area contributed by atoms with Gasteiger partial charge in [0.1, 0.15) is 0 Å². The molecule has 0 unspecified atom stereocenters. The molecule has 0 aliphatic rings. The summed E-state index contributed by atoms with van der Waals surface area (Å²) in [6.45, 7) is 11.8. The second-order valence-electron chi connectivity index (χ2n) is 6.09. The van der Waals surface area contributed by atoms with E-state index in [2.05, 4.69) is 72.5 Å². The van der Waals surface area contributed by atoms with Crippen LogP contribution < -0.4 is 10.6 Å². The molecule has 0 saturated heterocycles. The summed E-state index contributed by atoms with van der Waals surface area (Å²) in [7, 11) is 1.82. The van der Waals surface area contributed by atoms with Crippen LogP contribution in [0.5, 0.6) is 0 Å². The monoisotopic (exact) mass is 432 g/mol. The lowest BCUT2D eigenvalue weighted by atomic mass is 10.1. The molecule has 1 aromatic carbocycles. The number of nitrogens with zero attached hydrogens (tertiary/aromatic N) is 2. The van der Waals surface area contributed by atoms with Gasteiger partial charge in [-0.05, 0) is 39.7 Å². The number of rotatable bonds is 8. The van der Waals surface area contributed by atoms with E-state index in [-0.39, 0.29) is 24.0 Å². The van der Waals surface area contributed by atoms with Crippen molar-refractivity contribution in [2.75, 3.05) is 26.7 Å². The first kappa shape index (κ1) is 22.2. The van der Waals surface area contributed by atoms with Crippen molar-refractivity contribution >= 4 is 29.9 Å². The maximum atomic E-state index is 4.28. The Labute approximate surface area is 159 Å². The van der Waals surface area contributed by atoms with Gasteiger partial charge in [0.25, 0.3) is 0 Å². The molecule has 1 aromatic rings. The molecule has 0 heterocycles. The normalized spacial score (nSPS) is 11.7. The lowest BCUT2D eigenvalue weighted by molar-refractivity contribution is 0.178. The number of hydrogen-bond acceptors (Lipinski definition) is 2. The Balaban J connectivity index is 0.00000484. The molecule has 0 atom stereocenters. The van der Waals surface area contributed by atoms with E-state index in [0.717, 1.165) is 32.0 Å². The molecule has 2 N–H and O–H groups in total. The number of benzene rings is 1. The minimum atomic E-state index is 0. The van der Waals surface area contributed by atoms with Crippen molar-refractivity contribution in [1.82, 2.24) is 15.5 Å². The number of nitrogens with one attached hydrogen (secondary N) is 2. The maximum Gasteiger partial charge on any atom is 0.191 e. The summed E-state index contributed by atoms with van der Waals surface area (Å²) in [5.74, 6) is 0.878. The van der Waals surface area contributed by atoms with Crippen LogP contribution in [-0.4, -0.2) is 49.6 Å². The van der Waals surface area contributed by atoms with Gasteiger partial charge in [0.05, 0.1) is 0 Å². The van der Waals surface area contributed by atoms with Crippen LogP contribution in [0.15, 0.2) is 35.3 Å². The van der Waals surface area contributed by atoms with E-state index in [9.17, 15) is 0 Å². The van der Waals surface area contributed by atoms with Gasteiger partial charge in [0.15, 0.2) is 5.96 Å². The van der Waals surface area contributed by atoms with E-state index in [1.807, 2.05) is 13.1 Å². The summed E-state index contributed by atoms with van der Waals surface area (Å²) in [5.41, 5.74) is 1.34. The average Bonchev–Trinajstić information content (AvgIpc) is 2.49. The second-order valence-corrected chi connectivity index (χ2v) is 6.09. The van der Waals surface area contributed by atoms with E-state index in [1.165, 1.54) is 5.56 Å². The van der Waals surface area contributed by atoms with Gasteiger partial charge in [-0.3, -0.25) is 9.89 Å². The highest BCUT2D eigenvalue weighted by molar-refractivity contribution is 14.0. The summed E-state index contributed by atoms with van der Waals surface area (Å²) < 4.78 is 0. The van der Waals surface area contributed by atoms with Crippen molar-refractivity contribution < 1.29 is 0 Å². The van der Waals surface area contributed by atoms with Gasteiger partial charge < -0.3 is 10.6 Å². The molecular weight excluding hydrogens is 399 g/mol. The Hall–Kier alpha value is -0.820. The van der Waals surface area contributed by atoms with E-state index >= 15 is 0 Å². The molecule has 0 fully saturated rings. The van der Waals surface area contributed by atoms with Gasteiger partial charge in [-0.15, -0.1) is 24.0 Å². The molecule has 0 amide bonds. The fraction of sp³-hybridized carbons (Fsp3) is 0.611. The summed E-state index contributed by atoms with van der Waals surface area (Å²) in [5, 5.41) is 6.76. The van der Waals surface area contributed by atoms with Crippen LogP contribution in [-0.2, 0) is 6.42 Å². The van der Waals surface area contributed by atoms with Crippen molar-refractivity contribution in [1.29, 1.82) is 0 Å². The highest BCUT2D eigenvalue weighted by atomic mass is 127. The van der Waals surface area contributed by atoms with Crippen LogP contribution in [0.4, 0.5) is 0 Å². The third-order valence-corrected chi connectivity index (χ3v) is 3.76. The van der Waals surface area contributed by atoms with E-state index in [4.69, 9.17) is 0 Å². The zero-order valence-electron chi connectivity index (χ0n) is 15.2. The molecule has 132 valence electrons. The molecule has 5 heteroatoms. The third-order valence-electron chi connectivity index (χ3n) is 3.76. The van der Waals surface area contributed by atoms with Gasteiger partial charge in [0.2, 0.25) is 0 Å². The molecule has 4 nitrogen and oxygen atoms in total. The largest absolute Gasteiger partial charge is 0.356 e. The summed E-state index contributed by atoms with van der Waals surface area (Å²) in [4.78, 5) is 6.76. The summed E-state index contributed by atoms with van der Waals surface area (Å²) in [6.07, 6.45) is 1.01. The second kappa shape index (κ2) is 12.6. The quantitative estimate of drug-likeness (QED) is 0.377. The average molecular weight is 432 g/mol. The number of aliphatic imine (C=N–C) groups is 1. The first-order valence-electron chi connectivity index (χ1n) is 8.28. The Bertz CT molecular complexity index is 424.